The molecule has 0 atom stereocenters. The van der Waals surface area contributed by atoms with Gasteiger partial charge in [0, 0.05) is 45.8 Å². The van der Waals surface area contributed by atoms with Crippen molar-refractivity contribution in [2.75, 3.05) is 0 Å². The molecule has 2 N–H and O–H groups in total. The van der Waals surface area contributed by atoms with Crippen molar-refractivity contribution in [2.45, 2.75) is 0 Å². The third-order valence-corrected chi connectivity index (χ3v) is 4.92. The van der Waals surface area contributed by atoms with Crippen molar-refractivity contribution >= 4 is 43.7 Å². The van der Waals surface area contributed by atoms with Gasteiger partial charge in [0.2, 0.25) is 0 Å². The summed E-state index contributed by atoms with van der Waals surface area (Å²) >= 11 is 0. The first-order valence-corrected chi connectivity index (χ1v) is 8.48. The van der Waals surface area contributed by atoms with Crippen LogP contribution in [0.25, 0.3) is 55.1 Å². The Kier molecular flexibility index (Phi) is 2.55. The van der Waals surface area contributed by atoms with Gasteiger partial charge in [0.25, 0.3) is 0 Å². The van der Waals surface area contributed by atoms with Crippen molar-refractivity contribution in [1.29, 1.82) is 0 Å². The van der Waals surface area contributed by atoms with E-state index in [-0.39, 0.29) is 0 Å². The highest BCUT2D eigenvalue weighted by Crippen LogP contribution is 2.34. The van der Waals surface area contributed by atoms with E-state index >= 15 is 0 Å². The number of hydrogen-bond donors (Lipinski definition) is 2. The van der Waals surface area contributed by atoms with Gasteiger partial charge in [-0.3, -0.25) is 9.97 Å². The largest absolute Gasteiger partial charge is 0.361 e. The molecule has 0 unspecified atom stereocenters. The molecule has 0 radical (unpaired) electrons. The van der Waals surface area contributed by atoms with Crippen LogP contribution in [0.15, 0.2) is 67.1 Å². The number of benzene rings is 2. The normalized spacial score (nSPS) is 11.8. The highest BCUT2D eigenvalue weighted by Gasteiger charge is 2.16. The predicted molar refractivity (Wildman–Crippen MR) is 104 cm³/mol. The summed E-state index contributed by atoms with van der Waals surface area (Å²) in [5.74, 6) is 0.853. The standard InChI is InChI=1S/C21H13N5/c1-4-13(12-8-11-22-16(12)7-1)21-25-19-14-5-2-9-23-17(14)18-15(20(19)26-21)6-3-10-24-18/h1-11,22H,(H,25,26). The Bertz CT molecular complexity index is 1370. The van der Waals surface area contributed by atoms with E-state index < -0.39 is 0 Å². The minimum Gasteiger partial charge on any atom is -0.361 e. The number of hydrogen-bond acceptors (Lipinski definition) is 3. The molecule has 0 aliphatic rings. The van der Waals surface area contributed by atoms with Gasteiger partial charge in [-0.1, -0.05) is 12.1 Å². The molecule has 5 heteroatoms. The molecule has 0 aliphatic heterocycles. The zero-order valence-corrected chi connectivity index (χ0v) is 13.7. The average Bonchev–Trinajstić information content (AvgIpc) is 3.35. The number of nitrogens with zero attached hydrogens (tertiary/aromatic N) is 3. The number of pyridine rings is 2. The molecule has 0 bridgehead atoms. The van der Waals surface area contributed by atoms with Crippen molar-refractivity contribution in [3.05, 3.63) is 67.1 Å². The molecular formula is C21H13N5. The van der Waals surface area contributed by atoms with Crippen LogP contribution in [0.3, 0.4) is 0 Å². The molecule has 0 fully saturated rings. The van der Waals surface area contributed by atoms with Crippen molar-refractivity contribution in [1.82, 2.24) is 24.9 Å². The fourth-order valence-corrected chi connectivity index (χ4v) is 3.76. The smallest absolute Gasteiger partial charge is 0.139 e. The van der Waals surface area contributed by atoms with E-state index in [9.17, 15) is 0 Å². The second-order valence-electron chi connectivity index (χ2n) is 6.35. The maximum Gasteiger partial charge on any atom is 0.139 e. The second kappa shape index (κ2) is 4.89. The van der Waals surface area contributed by atoms with Crippen molar-refractivity contribution in [3.63, 3.8) is 0 Å². The number of H-pyrrole nitrogens is 2. The first-order valence-electron chi connectivity index (χ1n) is 8.48. The zero-order valence-electron chi connectivity index (χ0n) is 13.7. The Morgan fingerprint density at radius 3 is 2.38 bits per heavy atom. The summed E-state index contributed by atoms with van der Waals surface area (Å²) < 4.78 is 0. The topological polar surface area (TPSA) is 70.2 Å². The quantitative estimate of drug-likeness (QED) is 0.424. The van der Waals surface area contributed by atoms with E-state index in [0.717, 1.165) is 55.1 Å². The molecule has 4 aromatic heterocycles. The van der Waals surface area contributed by atoms with Crippen LogP contribution < -0.4 is 0 Å². The molecule has 6 rings (SSSR count). The van der Waals surface area contributed by atoms with E-state index in [1.807, 2.05) is 24.4 Å². The molecule has 2 aromatic carbocycles. The lowest BCUT2D eigenvalue weighted by Crippen LogP contribution is -1.86. The van der Waals surface area contributed by atoms with Gasteiger partial charge in [0.05, 0.1) is 22.1 Å². The van der Waals surface area contributed by atoms with Crippen LogP contribution in [-0.2, 0) is 0 Å². The van der Waals surface area contributed by atoms with Gasteiger partial charge in [-0.25, -0.2) is 4.98 Å². The van der Waals surface area contributed by atoms with Gasteiger partial charge in [-0.05, 0) is 36.4 Å². The summed E-state index contributed by atoms with van der Waals surface area (Å²) in [5.41, 5.74) is 5.88. The summed E-state index contributed by atoms with van der Waals surface area (Å²) in [6, 6.07) is 16.3. The lowest BCUT2D eigenvalue weighted by atomic mass is 10.1. The Labute approximate surface area is 147 Å². The molecule has 5 nitrogen and oxygen atoms in total. The third-order valence-electron chi connectivity index (χ3n) is 4.92. The molecule has 0 saturated heterocycles. The summed E-state index contributed by atoms with van der Waals surface area (Å²) in [6.45, 7) is 0. The molecular weight excluding hydrogens is 322 g/mol. The lowest BCUT2D eigenvalue weighted by molar-refractivity contribution is 1.35. The van der Waals surface area contributed by atoms with Crippen LogP contribution in [-0.4, -0.2) is 24.9 Å². The predicted octanol–water partition coefficient (Wildman–Crippen LogP) is 4.81. The van der Waals surface area contributed by atoms with Crippen molar-refractivity contribution < 1.29 is 0 Å². The maximum absolute atomic E-state index is 4.95. The van der Waals surface area contributed by atoms with E-state index in [1.165, 1.54) is 0 Å². The molecule has 26 heavy (non-hydrogen) atoms. The Balaban J connectivity index is 1.80. The molecule has 0 amide bonds. The van der Waals surface area contributed by atoms with E-state index in [1.54, 1.807) is 12.4 Å². The first kappa shape index (κ1) is 13.5. The van der Waals surface area contributed by atoms with Crippen LogP contribution in [0, 0.1) is 0 Å². The van der Waals surface area contributed by atoms with Gasteiger partial charge in [0.1, 0.15) is 5.82 Å². The Morgan fingerprint density at radius 1 is 0.692 bits per heavy atom. The number of rotatable bonds is 1. The van der Waals surface area contributed by atoms with Gasteiger partial charge in [-0.2, -0.15) is 0 Å². The van der Waals surface area contributed by atoms with Gasteiger partial charge >= 0.3 is 0 Å². The van der Waals surface area contributed by atoms with E-state index in [4.69, 9.17) is 4.98 Å². The summed E-state index contributed by atoms with van der Waals surface area (Å²) in [4.78, 5) is 20.9. The Morgan fingerprint density at radius 2 is 1.50 bits per heavy atom. The number of imidazole rings is 1. The fraction of sp³-hybridized carbons (Fsp3) is 0. The van der Waals surface area contributed by atoms with Crippen LogP contribution in [0.5, 0.6) is 0 Å². The monoisotopic (exact) mass is 335 g/mol. The van der Waals surface area contributed by atoms with Crippen molar-refractivity contribution in [3.8, 4) is 11.4 Å². The SMILES string of the molecule is c1cc(-c2nc3c4cccnc4c4ncccc4c3[nH]2)c2cc[nH]c2c1. The van der Waals surface area contributed by atoms with Crippen molar-refractivity contribution in [2.24, 2.45) is 0 Å². The van der Waals surface area contributed by atoms with Crippen LogP contribution in [0.2, 0.25) is 0 Å². The number of fused-ring (bicyclic) bond motifs is 7. The fourth-order valence-electron chi connectivity index (χ4n) is 3.76. The second-order valence-corrected chi connectivity index (χ2v) is 6.35. The Hall–Kier alpha value is -3.73. The molecule has 122 valence electrons. The number of aromatic nitrogens is 5. The molecule has 6 aromatic rings. The van der Waals surface area contributed by atoms with Crippen LogP contribution in [0.4, 0.5) is 0 Å². The van der Waals surface area contributed by atoms with Gasteiger partial charge in [-0.15, -0.1) is 0 Å². The molecule has 0 aliphatic carbocycles. The summed E-state index contributed by atoms with van der Waals surface area (Å²) in [6.07, 6.45) is 5.56. The van der Waals surface area contributed by atoms with E-state index in [2.05, 4.69) is 50.3 Å². The van der Waals surface area contributed by atoms with Crippen LogP contribution >= 0.6 is 0 Å². The van der Waals surface area contributed by atoms with Crippen LogP contribution in [0.1, 0.15) is 0 Å². The first-order chi connectivity index (χ1) is 12.9. The van der Waals surface area contributed by atoms with Gasteiger partial charge < -0.3 is 9.97 Å². The molecule has 0 saturated carbocycles. The highest BCUT2D eigenvalue weighted by molar-refractivity contribution is 6.21. The lowest BCUT2D eigenvalue weighted by Gasteiger charge is -2.03. The number of aromatic amines is 2. The minimum absolute atomic E-state index is 0.853. The highest BCUT2D eigenvalue weighted by atomic mass is 14.9. The minimum atomic E-state index is 0.853. The third kappa shape index (κ3) is 1.71. The van der Waals surface area contributed by atoms with E-state index in [0.29, 0.717) is 0 Å². The maximum atomic E-state index is 4.95. The molecule has 4 heterocycles. The summed E-state index contributed by atoms with van der Waals surface area (Å²) in [7, 11) is 0. The zero-order chi connectivity index (χ0) is 17.1. The summed E-state index contributed by atoms with van der Waals surface area (Å²) in [5, 5.41) is 3.20. The van der Waals surface area contributed by atoms with Gasteiger partial charge in [0.15, 0.2) is 0 Å². The molecule has 0 spiro atoms. The average molecular weight is 335 g/mol. The number of nitrogens with one attached hydrogen (secondary N) is 2.